The number of aromatic nitrogens is 2. The maximum atomic E-state index is 6.34. The summed E-state index contributed by atoms with van der Waals surface area (Å²) in [5.74, 6) is 0.966. The molecule has 0 atom stereocenters. The molecule has 2 aromatic rings. The fraction of sp³-hybridized carbons (Fsp3) is 0.500. The second-order valence-electron chi connectivity index (χ2n) is 6.92. The lowest BCUT2D eigenvalue weighted by molar-refractivity contribution is 0.373. The van der Waals surface area contributed by atoms with Crippen molar-refractivity contribution in [3.8, 4) is 0 Å². The Hall–Kier alpha value is -1.48. The van der Waals surface area contributed by atoms with Crippen LogP contribution in [0.3, 0.4) is 0 Å². The lowest BCUT2D eigenvalue weighted by Gasteiger charge is -2.38. The molecule has 1 aliphatic heterocycles. The predicted octanol–water partition coefficient (Wildman–Crippen LogP) is 3.25. The average Bonchev–Trinajstić information content (AvgIpc) is 2.92. The molecular formula is C20H30ClIN6. The summed E-state index contributed by atoms with van der Waals surface area (Å²) in [7, 11) is 3.85. The first kappa shape index (κ1) is 22.8. The van der Waals surface area contributed by atoms with Gasteiger partial charge >= 0.3 is 0 Å². The minimum Gasteiger partial charge on any atom is -0.367 e. The number of hydrogen-bond donors (Lipinski definition) is 1. The van der Waals surface area contributed by atoms with Crippen LogP contribution in [0.4, 0.5) is 5.69 Å². The third-order valence-corrected chi connectivity index (χ3v) is 5.62. The van der Waals surface area contributed by atoms with Crippen LogP contribution in [0.25, 0.3) is 0 Å². The van der Waals surface area contributed by atoms with Crippen molar-refractivity contribution in [2.75, 3.05) is 44.7 Å². The molecule has 1 aromatic carbocycles. The van der Waals surface area contributed by atoms with Crippen LogP contribution in [0, 0.1) is 13.8 Å². The van der Waals surface area contributed by atoms with Gasteiger partial charge in [-0.25, -0.2) is 0 Å². The molecule has 154 valence electrons. The van der Waals surface area contributed by atoms with E-state index in [4.69, 9.17) is 11.6 Å². The van der Waals surface area contributed by atoms with Crippen molar-refractivity contribution in [1.82, 2.24) is 20.0 Å². The number of anilines is 1. The molecule has 1 aromatic heterocycles. The van der Waals surface area contributed by atoms with Gasteiger partial charge in [0, 0.05) is 52.5 Å². The van der Waals surface area contributed by atoms with Gasteiger partial charge in [-0.15, -0.1) is 24.0 Å². The van der Waals surface area contributed by atoms with E-state index in [0.29, 0.717) is 0 Å². The summed E-state index contributed by atoms with van der Waals surface area (Å²) < 4.78 is 1.95. The van der Waals surface area contributed by atoms with E-state index in [9.17, 15) is 0 Å². The topological polar surface area (TPSA) is 48.7 Å². The summed E-state index contributed by atoms with van der Waals surface area (Å²) in [6.45, 7) is 8.77. The van der Waals surface area contributed by atoms with E-state index in [1.165, 1.54) is 11.3 Å². The van der Waals surface area contributed by atoms with Gasteiger partial charge in [0.15, 0.2) is 5.96 Å². The van der Waals surface area contributed by atoms with Crippen molar-refractivity contribution in [1.29, 1.82) is 0 Å². The summed E-state index contributed by atoms with van der Waals surface area (Å²) >= 11 is 6.34. The Bertz CT molecular complexity index is 811. The number of nitrogens with one attached hydrogen (secondary N) is 1. The molecular weight excluding hydrogens is 487 g/mol. The van der Waals surface area contributed by atoms with Crippen LogP contribution in [-0.4, -0.2) is 60.4 Å². The maximum absolute atomic E-state index is 6.34. The summed E-state index contributed by atoms with van der Waals surface area (Å²) in [5.41, 5.74) is 4.78. The van der Waals surface area contributed by atoms with Gasteiger partial charge in [-0.05, 0) is 38.0 Å². The zero-order valence-electron chi connectivity index (χ0n) is 17.1. The summed E-state index contributed by atoms with van der Waals surface area (Å²) in [6, 6.07) is 8.05. The number of para-hydroxylation sites is 1. The standard InChI is InChI=1S/C20H29ClN6.HI/c1-15-17(16(2)25(4)24-15)9-10-23-20(22-3)27-13-11-26(12-14-27)19-8-6-5-7-18(19)21;/h5-8H,9-14H2,1-4H3,(H,22,23);1H. The molecule has 1 aliphatic rings. The highest BCUT2D eigenvalue weighted by molar-refractivity contribution is 14.0. The zero-order chi connectivity index (χ0) is 19.4. The molecule has 0 spiro atoms. The molecule has 0 unspecified atom stereocenters. The predicted molar refractivity (Wildman–Crippen MR) is 128 cm³/mol. The first-order valence-corrected chi connectivity index (χ1v) is 9.83. The Kier molecular flexibility index (Phi) is 8.42. The molecule has 0 saturated carbocycles. The molecule has 0 bridgehead atoms. The Morgan fingerprint density at radius 1 is 1.18 bits per heavy atom. The minimum atomic E-state index is 0. The van der Waals surface area contributed by atoms with E-state index < -0.39 is 0 Å². The largest absolute Gasteiger partial charge is 0.367 e. The lowest BCUT2D eigenvalue weighted by Crippen LogP contribution is -2.52. The average molecular weight is 517 g/mol. The molecule has 2 heterocycles. The summed E-state index contributed by atoms with van der Waals surface area (Å²) in [4.78, 5) is 9.13. The van der Waals surface area contributed by atoms with Crippen LogP contribution in [0.15, 0.2) is 29.3 Å². The van der Waals surface area contributed by atoms with Crippen molar-refractivity contribution in [2.45, 2.75) is 20.3 Å². The van der Waals surface area contributed by atoms with Crippen LogP contribution in [0.2, 0.25) is 5.02 Å². The Labute approximate surface area is 190 Å². The fourth-order valence-corrected chi connectivity index (χ4v) is 3.93. The molecule has 0 radical (unpaired) electrons. The molecule has 8 heteroatoms. The van der Waals surface area contributed by atoms with E-state index >= 15 is 0 Å². The van der Waals surface area contributed by atoms with Crippen molar-refractivity contribution < 1.29 is 0 Å². The van der Waals surface area contributed by atoms with Crippen LogP contribution >= 0.6 is 35.6 Å². The van der Waals surface area contributed by atoms with Crippen molar-refractivity contribution >= 4 is 47.2 Å². The number of piperazine rings is 1. The normalized spacial score (nSPS) is 14.8. The monoisotopic (exact) mass is 516 g/mol. The smallest absolute Gasteiger partial charge is 0.193 e. The van der Waals surface area contributed by atoms with Crippen molar-refractivity contribution in [3.05, 3.63) is 46.2 Å². The van der Waals surface area contributed by atoms with Gasteiger partial charge in [-0.3, -0.25) is 9.67 Å². The van der Waals surface area contributed by atoms with Gasteiger partial charge in [0.05, 0.1) is 16.4 Å². The van der Waals surface area contributed by atoms with Gasteiger partial charge in [-0.2, -0.15) is 5.10 Å². The minimum absolute atomic E-state index is 0. The fourth-order valence-electron chi connectivity index (χ4n) is 3.68. The van der Waals surface area contributed by atoms with E-state index in [1.54, 1.807) is 0 Å². The summed E-state index contributed by atoms with van der Waals surface area (Å²) in [6.07, 6.45) is 0.949. The maximum Gasteiger partial charge on any atom is 0.193 e. The van der Waals surface area contributed by atoms with Crippen molar-refractivity contribution in [2.24, 2.45) is 12.0 Å². The number of benzene rings is 1. The summed E-state index contributed by atoms with van der Waals surface area (Å²) in [5, 5.41) is 8.82. The van der Waals surface area contributed by atoms with Gasteiger partial charge in [0.25, 0.3) is 0 Å². The Morgan fingerprint density at radius 2 is 1.86 bits per heavy atom. The molecule has 6 nitrogen and oxygen atoms in total. The Morgan fingerprint density at radius 3 is 2.43 bits per heavy atom. The van der Waals surface area contributed by atoms with E-state index in [-0.39, 0.29) is 24.0 Å². The third-order valence-electron chi connectivity index (χ3n) is 5.30. The molecule has 1 N–H and O–H groups in total. The van der Waals surface area contributed by atoms with Crippen LogP contribution < -0.4 is 10.2 Å². The van der Waals surface area contributed by atoms with E-state index in [0.717, 1.165) is 61.5 Å². The van der Waals surface area contributed by atoms with Crippen molar-refractivity contribution in [3.63, 3.8) is 0 Å². The van der Waals surface area contributed by atoms with Gasteiger partial charge in [0.2, 0.25) is 0 Å². The first-order chi connectivity index (χ1) is 13.0. The molecule has 0 aliphatic carbocycles. The van der Waals surface area contributed by atoms with E-state index in [2.05, 4.69) is 45.1 Å². The molecule has 1 fully saturated rings. The number of halogens is 2. The van der Waals surface area contributed by atoms with Gasteiger partial charge in [0.1, 0.15) is 0 Å². The third kappa shape index (κ3) is 5.11. The molecule has 0 amide bonds. The van der Waals surface area contributed by atoms with Gasteiger partial charge in [-0.1, -0.05) is 23.7 Å². The quantitative estimate of drug-likeness (QED) is 0.385. The number of hydrogen-bond acceptors (Lipinski definition) is 3. The van der Waals surface area contributed by atoms with Crippen LogP contribution in [0.1, 0.15) is 17.0 Å². The highest BCUT2D eigenvalue weighted by Gasteiger charge is 2.21. The number of nitrogens with zero attached hydrogens (tertiary/aromatic N) is 5. The SMILES string of the molecule is CN=C(NCCc1c(C)nn(C)c1C)N1CCN(c2ccccc2Cl)CC1.I. The number of guanidine groups is 1. The molecule has 1 saturated heterocycles. The molecule has 28 heavy (non-hydrogen) atoms. The highest BCUT2D eigenvalue weighted by atomic mass is 127. The zero-order valence-corrected chi connectivity index (χ0v) is 20.2. The highest BCUT2D eigenvalue weighted by Crippen LogP contribution is 2.26. The number of aryl methyl sites for hydroxylation is 2. The second-order valence-corrected chi connectivity index (χ2v) is 7.33. The van der Waals surface area contributed by atoms with Gasteiger partial charge < -0.3 is 15.1 Å². The first-order valence-electron chi connectivity index (χ1n) is 9.45. The Balaban J connectivity index is 0.00000280. The molecule has 3 rings (SSSR count). The van der Waals surface area contributed by atoms with Crippen LogP contribution in [0.5, 0.6) is 0 Å². The van der Waals surface area contributed by atoms with E-state index in [1.807, 2.05) is 37.0 Å². The number of rotatable bonds is 4. The number of aliphatic imine (C=N–C) groups is 1. The van der Waals surface area contributed by atoms with Crippen LogP contribution in [-0.2, 0) is 13.5 Å². The lowest BCUT2D eigenvalue weighted by atomic mass is 10.1. The second kappa shape index (κ2) is 10.3.